The lowest BCUT2D eigenvalue weighted by Crippen LogP contribution is -2.25. The molecule has 1 saturated heterocycles. The Kier molecular flexibility index (Phi) is 6.18. The van der Waals surface area contributed by atoms with Crippen molar-refractivity contribution in [2.24, 2.45) is 0 Å². The van der Waals surface area contributed by atoms with Crippen LogP contribution < -0.4 is 9.62 Å². The van der Waals surface area contributed by atoms with E-state index in [1.54, 1.807) is 24.3 Å². The van der Waals surface area contributed by atoms with E-state index >= 15 is 0 Å². The number of anilines is 2. The zero-order valence-electron chi connectivity index (χ0n) is 15.2. The van der Waals surface area contributed by atoms with Gasteiger partial charge in [-0.15, -0.1) is 11.8 Å². The summed E-state index contributed by atoms with van der Waals surface area (Å²) in [5.41, 5.74) is 3.44. The summed E-state index contributed by atoms with van der Waals surface area (Å²) in [4.78, 5) is 13.4. The fraction of sp³-hybridized carbons (Fsp3) is 0.316. The van der Waals surface area contributed by atoms with Crippen molar-refractivity contribution in [3.63, 3.8) is 0 Å². The van der Waals surface area contributed by atoms with Crippen LogP contribution in [0.1, 0.15) is 17.5 Å². The molecule has 1 aliphatic rings. The van der Waals surface area contributed by atoms with Gasteiger partial charge in [0.05, 0.1) is 17.2 Å². The molecule has 5 nitrogen and oxygen atoms in total. The van der Waals surface area contributed by atoms with Gasteiger partial charge in [-0.25, -0.2) is 8.42 Å². The predicted octanol–water partition coefficient (Wildman–Crippen LogP) is 4.34. The van der Waals surface area contributed by atoms with E-state index < -0.39 is 10.0 Å². The molecule has 3 rings (SSSR count). The lowest BCUT2D eigenvalue weighted by molar-refractivity contribution is -0.113. The first-order valence-electron chi connectivity index (χ1n) is 8.56. The summed E-state index contributed by atoms with van der Waals surface area (Å²) in [7, 11) is -3.23. The number of carbonyl (C=O) groups excluding carboxylic acids is 1. The summed E-state index contributed by atoms with van der Waals surface area (Å²) in [6.45, 7) is 4.52. The van der Waals surface area contributed by atoms with Gasteiger partial charge in [0.1, 0.15) is 0 Å². The number of thioether (sulfide) groups is 1. The number of amides is 1. The Morgan fingerprint density at radius 3 is 2.70 bits per heavy atom. The van der Waals surface area contributed by atoms with Crippen LogP contribution in [0.15, 0.2) is 45.8 Å². The van der Waals surface area contributed by atoms with Crippen molar-refractivity contribution in [1.29, 1.82) is 0 Å². The molecule has 1 N–H and O–H groups in total. The number of sulfonamides is 1. The zero-order chi connectivity index (χ0) is 19.6. The van der Waals surface area contributed by atoms with Gasteiger partial charge in [0.25, 0.3) is 0 Å². The van der Waals surface area contributed by atoms with Gasteiger partial charge < -0.3 is 5.32 Å². The van der Waals surface area contributed by atoms with Crippen molar-refractivity contribution in [3.05, 3.63) is 52.0 Å². The third kappa shape index (κ3) is 4.86. The Labute approximate surface area is 172 Å². The third-order valence-corrected chi connectivity index (χ3v) is 8.21. The molecular formula is C19H21BrN2O3S2. The number of carbonyl (C=O) groups is 1. The normalized spacial score (nSPS) is 15.7. The number of halogens is 1. The minimum atomic E-state index is -3.23. The quantitative estimate of drug-likeness (QED) is 0.662. The molecule has 0 spiro atoms. The molecule has 144 valence electrons. The maximum atomic E-state index is 12.3. The van der Waals surface area contributed by atoms with Gasteiger partial charge in [-0.1, -0.05) is 22.0 Å². The number of rotatable bonds is 5. The molecule has 0 aromatic heterocycles. The Hall–Kier alpha value is -1.51. The van der Waals surface area contributed by atoms with E-state index in [1.807, 2.05) is 13.8 Å². The average molecular weight is 469 g/mol. The molecule has 0 atom stereocenters. The molecule has 0 saturated carbocycles. The van der Waals surface area contributed by atoms with E-state index in [0.717, 1.165) is 20.5 Å². The van der Waals surface area contributed by atoms with Crippen LogP contribution in [-0.4, -0.2) is 32.4 Å². The fourth-order valence-corrected chi connectivity index (χ4v) is 5.84. The summed E-state index contributed by atoms with van der Waals surface area (Å²) >= 11 is 5.00. The van der Waals surface area contributed by atoms with Gasteiger partial charge in [0.2, 0.25) is 15.9 Å². The summed E-state index contributed by atoms with van der Waals surface area (Å²) < 4.78 is 26.6. The van der Waals surface area contributed by atoms with Crippen LogP contribution >= 0.6 is 27.7 Å². The molecular weight excluding hydrogens is 448 g/mol. The standard InChI is InChI=1S/C19H21BrN2O3S2/c1-13-10-18(14(2)9-17(13)20)26-12-19(23)21-15-5-3-6-16(11-15)22-7-4-8-27(22,24)25/h3,5-6,9-11H,4,7-8,12H2,1-2H3,(H,21,23). The molecule has 1 heterocycles. The maximum Gasteiger partial charge on any atom is 0.235 e. The van der Waals surface area contributed by atoms with Crippen molar-refractivity contribution in [1.82, 2.24) is 0 Å². The summed E-state index contributed by atoms with van der Waals surface area (Å²) in [5, 5.41) is 2.86. The smallest absolute Gasteiger partial charge is 0.235 e. The Balaban J connectivity index is 1.65. The van der Waals surface area contributed by atoms with Crippen LogP contribution in [0.3, 0.4) is 0 Å². The Morgan fingerprint density at radius 1 is 1.22 bits per heavy atom. The minimum Gasteiger partial charge on any atom is -0.325 e. The SMILES string of the molecule is Cc1cc(SCC(=O)Nc2cccc(N3CCCS3(=O)=O)c2)c(C)cc1Br. The van der Waals surface area contributed by atoms with Crippen molar-refractivity contribution in [3.8, 4) is 0 Å². The second-order valence-corrected chi connectivity index (χ2v) is 10.4. The monoisotopic (exact) mass is 468 g/mol. The van der Waals surface area contributed by atoms with Crippen molar-refractivity contribution in [2.45, 2.75) is 25.2 Å². The highest BCUT2D eigenvalue weighted by atomic mass is 79.9. The molecule has 1 amide bonds. The van der Waals surface area contributed by atoms with Crippen molar-refractivity contribution in [2.75, 3.05) is 27.7 Å². The topological polar surface area (TPSA) is 66.5 Å². The van der Waals surface area contributed by atoms with E-state index in [2.05, 4.69) is 33.4 Å². The third-order valence-electron chi connectivity index (χ3n) is 4.33. The van der Waals surface area contributed by atoms with E-state index in [-0.39, 0.29) is 17.4 Å². The molecule has 2 aromatic carbocycles. The van der Waals surface area contributed by atoms with Crippen molar-refractivity contribution < 1.29 is 13.2 Å². The Morgan fingerprint density at radius 2 is 2.00 bits per heavy atom. The van der Waals surface area contributed by atoms with Crippen LogP contribution in [0.4, 0.5) is 11.4 Å². The first-order valence-corrected chi connectivity index (χ1v) is 11.9. The lowest BCUT2D eigenvalue weighted by atomic mass is 10.2. The summed E-state index contributed by atoms with van der Waals surface area (Å²) in [6.07, 6.45) is 0.627. The van der Waals surface area contributed by atoms with Gasteiger partial charge in [-0.2, -0.15) is 0 Å². The predicted molar refractivity (Wildman–Crippen MR) is 115 cm³/mol. The van der Waals surface area contributed by atoms with Gasteiger partial charge in [0.15, 0.2) is 0 Å². The number of hydrogen-bond donors (Lipinski definition) is 1. The van der Waals surface area contributed by atoms with Crippen molar-refractivity contribution >= 4 is 55.0 Å². The van der Waals surface area contributed by atoms with E-state index in [0.29, 0.717) is 24.3 Å². The highest BCUT2D eigenvalue weighted by Gasteiger charge is 2.28. The molecule has 2 aromatic rings. The average Bonchev–Trinajstić information content (AvgIpc) is 2.96. The maximum absolute atomic E-state index is 12.3. The van der Waals surface area contributed by atoms with Crippen LogP contribution in [-0.2, 0) is 14.8 Å². The summed E-state index contributed by atoms with van der Waals surface area (Å²) in [6, 6.07) is 11.1. The first-order chi connectivity index (χ1) is 12.8. The van der Waals surface area contributed by atoms with Crippen LogP contribution in [0.25, 0.3) is 0 Å². The number of benzene rings is 2. The number of nitrogens with zero attached hydrogens (tertiary/aromatic N) is 1. The van der Waals surface area contributed by atoms with Crippen LogP contribution in [0.2, 0.25) is 0 Å². The second-order valence-electron chi connectivity index (χ2n) is 6.50. The molecule has 0 aliphatic carbocycles. The molecule has 0 radical (unpaired) electrons. The van der Waals surface area contributed by atoms with Gasteiger partial charge in [0, 0.05) is 21.6 Å². The van der Waals surface area contributed by atoms with Gasteiger partial charge in [-0.05, 0) is 61.7 Å². The van der Waals surface area contributed by atoms with E-state index in [4.69, 9.17) is 0 Å². The molecule has 8 heteroatoms. The van der Waals surface area contributed by atoms with E-state index in [9.17, 15) is 13.2 Å². The fourth-order valence-electron chi connectivity index (χ4n) is 2.92. The highest BCUT2D eigenvalue weighted by Crippen LogP contribution is 2.29. The molecule has 27 heavy (non-hydrogen) atoms. The first kappa shape index (κ1) is 20.2. The molecule has 0 bridgehead atoms. The van der Waals surface area contributed by atoms with Crippen LogP contribution in [0.5, 0.6) is 0 Å². The minimum absolute atomic E-state index is 0.124. The highest BCUT2D eigenvalue weighted by molar-refractivity contribution is 9.10. The number of nitrogens with one attached hydrogen (secondary N) is 1. The second kappa shape index (κ2) is 8.24. The lowest BCUT2D eigenvalue weighted by Gasteiger charge is -2.17. The number of hydrogen-bond acceptors (Lipinski definition) is 4. The number of aryl methyl sites for hydroxylation is 2. The molecule has 1 fully saturated rings. The van der Waals surface area contributed by atoms with Gasteiger partial charge in [-0.3, -0.25) is 9.10 Å². The zero-order valence-corrected chi connectivity index (χ0v) is 18.4. The van der Waals surface area contributed by atoms with E-state index in [1.165, 1.54) is 16.1 Å². The molecule has 0 unspecified atom stereocenters. The largest absolute Gasteiger partial charge is 0.325 e. The van der Waals surface area contributed by atoms with Gasteiger partial charge >= 0.3 is 0 Å². The summed E-state index contributed by atoms with van der Waals surface area (Å²) in [5.74, 6) is 0.335. The Bertz CT molecular complexity index is 977. The molecule has 1 aliphatic heterocycles. The van der Waals surface area contributed by atoms with Crippen LogP contribution in [0, 0.1) is 13.8 Å².